The van der Waals surface area contributed by atoms with E-state index in [2.05, 4.69) is 6.92 Å². The van der Waals surface area contributed by atoms with Crippen molar-refractivity contribution in [3.8, 4) is 28.7 Å². The fourth-order valence-electron chi connectivity index (χ4n) is 2.44. The molecule has 0 spiro atoms. The Morgan fingerprint density at radius 1 is 1.12 bits per heavy atom. The summed E-state index contributed by atoms with van der Waals surface area (Å²) in [6.07, 6.45) is 3.31. The van der Waals surface area contributed by atoms with E-state index in [9.17, 15) is 20.1 Å². The van der Waals surface area contributed by atoms with Crippen molar-refractivity contribution in [1.82, 2.24) is 0 Å². The SMILES string of the molecule is CCCCOc1ccc(/C=C2\Oc3c(ccc(O)c3O)C2=O)c(O)c1. The zero-order chi connectivity index (χ0) is 18.0. The van der Waals surface area contributed by atoms with Crippen molar-refractivity contribution in [3.63, 3.8) is 0 Å². The molecular weight excluding hydrogens is 324 g/mol. The first-order chi connectivity index (χ1) is 12.0. The maximum atomic E-state index is 12.3. The molecule has 0 saturated heterocycles. The molecule has 0 aliphatic carbocycles. The van der Waals surface area contributed by atoms with Crippen molar-refractivity contribution in [1.29, 1.82) is 0 Å². The summed E-state index contributed by atoms with van der Waals surface area (Å²) in [6, 6.07) is 7.37. The highest BCUT2D eigenvalue weighted by molar-refractivity contribution is 6.15. The number of unbranched alkanes of at least 4 members (excludes halogenated alkanes) is 1. The van der Waals surface area contributed by atoms with Crippen LogP contribution in [-0.4, -0.2) is 27.7 Å². The van der Waals surface area contributed by atoms with Gasteiger partial charge in [0.1, 0.15) is 11.5 Å². The van der Waals surface area contributed by atoms with Gasteiger partial charge in [-0.2, -0.15) is 0 Å². The first-order valence-corrected chi connectivity index (χ1v) is 7.96. The minimum absolute atomic E-state index is 0.0501. The van der Waals surface area contributed by atoms with Crippen molar-refractivity contribution >= 4 is 11.9 Å². The molecule has 6 nitrogen and oxygen atoms in total. The standard InChI is InChI=1S/C19H18O6/c1-2-3-8-24-12-5-4-11(15(21)10-12)9-16-17(22)13-6-7-14(20)18(23)19(13)25-16/h4-7,9-10,20-21,23H,2-3,8H2,1H3/b16-9-. The summed E-state index contributed by atoms with van der Waals surface area (Å²) >= 11 is 0. The second-order valence-electron chi connectivity index (χ2n) is 5.67. The summed E-state index contributed by atoms with van der Waals surface area (Å²) in [5.41, 5.74) is 0.531. The quantitative estimate of drug-likeness (QED) is 0.436. The molecule has 0 saturated carbocycles. The van der Waals surface area contributed by atoms with Gasteiger partial charge >= 0.3 is 0 Å². The van der Waals surface area contributed by atoms with E-state index in [0.717, 1.165) is 12.8 Å². The summed E-state index contributed by atoms with van der Waals surface area (Å²) in [5, 5.41) is 29.4. The Morgan fingerprint density at radius 2 is 1.92 bits per heavy atom. The molecular formula is C19H18O6. The average molecular weight is 342 g/mol. The summed E-state index contributed by atoms with van der Waals surface area (Å²) in [7, 11) is 0. The summed E-state index contributed by atoms with van der Waals surface area (Å²) in [5.74, 6) is -0.949. The lowest BCUT2D eigenvalue weighted by molar-refractivity contribution is 0.101. The van der Waals surface area contributed by atoms with Gasteiger partial charge in [0.15, 0.2) is 17.3 Å². The molecule has 0 unspecified atom stereocenters. The zero-order valence-electron chi connectivity index (χ0n) is 13.7. The number of rotatable bonds is 5. The number of phenols is 3. The van der Waals surface area contributed by atoms with Crippen LogP contribution in [0.1, 0.15) is 35.7 Å². The number of Topliss-reactive ketones (excluding diaryl/α,β-unsaturated/α-hetero) is 1. The molecule has 0 fully saturated rings. The monoisotopic (exact) mass is 342 g/mol. The molecule has 3 N–H and O–H groups in total. The van der Waals surface area contributed by atoms with Crippen LogP contribution >= 0.6 is 0 Å². The molecule has 1 aliphatic heterocycles. The highest BCUT2D eigenvalue weighted by Gasteiger charge is 2.31. The third-order valence-electron chi connectivity index (χ3n) is 3.85. The van der Waals surface area contributed by atoms with E-state index >= 15 is 0 Å². The van der Waals surface area contributed by atoms with Crippen molar-refractivity contribution in [2.45, 2.75) is 19.8 Å². The Balaban J connectivity index is 1.84. The van der Waals surface area contributed by atoms with E-state index in [1.54, 1.807) is 12.1 Å². The van der Waals surface area contributed by atoms with Gasteiger partial charge < -0.3 is 24.8 Å². The Morgan fingerprint density at radius 3 is 2.64 bits per heavy atom. The molecule has 2 aromatic carbocycles. The minimum Gasteiger partial charge on any atom is -0.507 e. The van der Waals surface area contributed by atoms with Crippen molar-refractivity contribution in [2.75, 3.05) is 6.61 Å². The van der Waals surface area contributed by atoms with Gasteiger partial charge in [-0.25, -0.2) is 0 Å². The third kappa shape index (κ3) is 3.24. The lowest BCUT2D eigenvalue weighted by Crippen LogP contribution is -1.99. The van der Waals surface area contributed by atoms with Crippen LogP contribution in [0, 0.1) is 0 Å². The van der Waals surface area contributed by atoms with Crippen LogP contribution in [0.15, 0.2) is 36.1 Å². The molecule has 0 radical (unpaired) electrons. The number of hydrogen-bond acceptors (Lipinski definition) is 6. The third-order valence-corrected chi connectivity index (χ3v) is 3.85. The van der Waals surface area contributed by atoms with Crippen LogP contribution in [0.25, 0.3) is 6.08 Å². The Bertz CT molecular complexity index is 853. The molecule has 0 aromatic heterocycles. The number of aromatic hydroxyl groups is 3. The van der Waals surface area contributed by atoms with Crippen molar-refractivity contribution in [3.05, 3.63) is 47.2 Å². The maximum absolute atomic E-state index is 12.3. The van der Waals surface area contributed by atoms with E-state index in [1.165, 1.54) is 24.3 Å². The molecule has 0 atom stereocenters. The molecule has 2 aromatic rings. The molecule has 0 bridgehead atoms. The normalized spacial score (nSPS) is 14.4. The van der Waals surface area contributed by atoms with E-state index in [1.807, 2.05) is 0 Å². The van der Waals surface area contributed by atoms with Crippen LogP contribution < -0.4 is 9.47 Å². The largest absolute Gasteiger partial charge is 0.507 e. The second-order valence-corrected chi connectivity index (χ2v) is 5.67. The molecule has 130 valence electrons. The van der Waals surface area contributed by atoms with Gasteiger partial charge in [0.25, 0.3) is 0 Å². The second kappa shape index (κ2) is 6.76. The number of benzene rings is 2. The van der Waals surface area contributed by atoms with Crippen molar-refractivity contribution in [2.24, 2.45) is 0 Å². The predicted molar refractivity (Wildman–Crippen MR) is 91.2 cm³/mol. The number of carbonyl (C=O) groups excluding carboxylic acids is 1. The fraction of sp³-hybridized carbons (Fsp3) is 0.211. The smallest absolute Gasteiger partial charge is 0.232 e. The molecule has 0 amide bonds. The Labute approximate surface area is 144 Å². The van der Waals surface area contributed by atoms with Gasteiger partial charge in [-0.15, -0.1) is 0 Å². The number of carbonyl (C=O) groups is 1. The fourth-order valence-corrected chi connectivity index (χ4v) is 2.44. The number of phenolic OH excluding ortho intramolecular Hbond substituents is 3. The van der Waals surface area contributed by atoms with E-state index in [4.69, 9.17) is 9.47 Å². The molecule has 1 aliphatic rings. The van der Waals surface area contributed by atoms with Gasteiger partial charge in [0.05, 0.1) is 12.2 Å². The molecule has 3 rings (SSSR count). The van der Waals surface area contributed by atoms with Gasteiger partial charge in [-0.05, 0) is 36.8 Å². The summed E-state index contributed by atoms with van der Waals surface area (Å²) < 4.78 is 10.9. The van der Waals surface area contributed by atoms with Gasteiger partial charge in [-0.3, -0.25) is 4.79 Å². The molecule has 1 heterocycles. The summed E-state index contributed by atoms with van der Waals surface area (Å²) in [6.45, 7) is 2.63. The Hall–Kier alpha value is -3.15. The number of ketones is 1. The van der Waals surface area contributed by atoms with Crippen molar-refractivity contribution < 1.29 is 29.6 Å². The van der Waals surface area contributed by atoms with Crippen LogP contribution in [0.2, 0.25) is 0 Å². The van der Waals surface area contributed by atoms with E-state index in [-0.39, 0.29) is 28.6 Å². The lowest BCUT2D eigenvalue weighted by atomic mass is 10.1. The number of fused-ring (bicyclic) bond motifs is 1. The highest BCUT2D eigenvalue weighted by atomic mass is 16.5. The predicted octanol–water partition coefficient (Wildman–Crippen LogP) is 3.60. The first-order valence-electron chi connectivity index (χ1n) is 7.96. The highest BCUT2D eigenvalue weighted by Crippen LogP contribution is 2.44. The van der Waals surface area contributed by atoms with Crippen LogP contribution in [-0.2, 0) is 0 Å². The lowest BCUT2D eigenvalue weighted by Gasteiger charge is -2.07. The minimum atomic E-state index is -0.488. The summed E-state index contributed by atoms with van der Waals surface area (Å²) in [4.78, 5) is 12.3. The first kappa shape index (κ1) is 16.7. The van der Waals surface area contributed by atoms with E-state index in [0.29, 0.717) is 17.9 Å². The Kier molecular flexibility index (Phi) is 4.52. The number of ether oxygens (including phenoxy) is 2. The van der Waals surface area contributed by atoms with Gasteiger partial charge in [0.2, 0.25) is 11.5 Å². The zero-order valence-corrected chi connectivity index (χ0v) is 13.7. The molecule has 6 heteroatoms. The molecule has 25 heavy (non-hydrogen) atoms. The van der Waals surface area contributed by atoms with Crippen LogP contribution in [0.3, 0.4) is 0 Å². The van der Waals surface area contributed by atoms with Crippen LogP contribution in [0.5, 0.6) is 28.7 Å². The average Bonchev–Trinajstić information content (AvgIpc) is 2.91. The number of hydrogen-bond donors (Lipinski definition) is 3. The topological polar surface area (TPSA) is 96.2 Å². The van der Waals surface area contributed by atoms with E-state index < -0.39 is 11.5 Å². The van der Waals surface area contributed by atoms with Gasteiger partial charge in [-0.1, -0.05) is 13.3 Å². The van der Waals surface area contributed by atoms with Gasteiger partial charge in [0, 0.05) is 11.6 Å². The van der Waals surface area contributed by atoms with Crippen LogP contribution in [0.4, 0.5) is 0 Å². The maximum Gasteiger partial charge on any atom is 0.232 e. The number of allylic oxidation sites excluding steroid dienone is 1.